The van der Waals surface area contributed by atoms with Gasteiger partial charge in [0.15, 0.2) is 0 Å². The molecule has 1 unspecified atom stereocenters. The van der Waals surface area contributed by atoms with Crippen LogP contribution in [-0.2, 0) is 4.74 Å². The SMILES string of the molecule is O=C(O)c1cc(OC2CCOC2)cs1. The Morgan fingerprint density at radius 3 is 3.14 bits per heavy atom. The fourth-order valence-corrected chi connectivity index (χ4v) is 1.94. The van der Waals surface area contributed by atoms with Gasteiger partial charge < -0.3 is 14.6 Å². The summed E-state index contributed by atoms with van der Waals surface area (Å²) in [6, 6.07) is 1.55. The molecule has 5 heteroatoms. The van der Waals surface area contributed by atoms with Crippen LogP contribution in [0.5, 0.6) is 5.75 Å². The van der Waals surface area contributed by atoms with Gasteiger partial charge in [-0.05, 0) is 0 Å². The van der Waals surface area contributed by atoms with Crippen LogP contribution in [0.25, 0.3) is 0 Å². The monoisotopic (exact) mass is 214 g/mol. The average molecular weight is 214 g/mol. The van der Waals surface area contributed by atoms with Gasteiger partial charge in [0.2, 0.25) is 0 Å². The van der Waals surface area contributed by atoms with Crippen molar-refractivity contribution in [3.05, 3.63) is 16.3 Å². The number of hydrogen-bond acceptors (Lipinski definition) is 4. The van der Waals surface area contributed by atoms with Crippen LogP contribution >= 0.6 is 11.3 Å². The van der Waals surface area contributed by atoms with Crippen LogP contribution in [0, 0.1) is 0 Å². The van der Waals surface area contributed by atoms with Crippen LogP contribution in [-0.4, -0.2) is 30.4 Å². The Bertz CT molecular complexity index is 327. The molecule has 1 N–H and O–H groups in total. The van der Waals surface area contributed by atoms with E-state index in [1.807, 2.05) is 0 Å². The van der Waals surface area contributed by atoms with Gasteiger partial charge in [-0.25, -0.2) is 4.79 Å². The third-order valence-electron chi connectivity index (χ3n) is 1.98. The molecule has 1 fully saturated rings. The quantitative estimate of drug-likeness (QED) is 0.830. The Hall–Kier alpha value is -1.07. The van der Waals surface area contributed by atoms with Crippen molar-refractivity contribution in [1.82, 2.24) is 0 Å². The zero-order valence-electron chi connectivity index (χ0n) is 7.43. The molecule has 0 amide bonds. The number of carbonyl (C=O) groups is 1. The van der Waals surface area contributed by atoms with E-state index in [1.165, 1.54) is 11.3 Å². The van der Waals surface area contributed by atoms with E-state index in [1.54, 1.807) is 11.4 Å². The molecule has 1 atom stereocenters. The first-order valence-electron chi connectivity index (χ1n) is 4.32. The highest BCUT2D eigenvalue weighted by molar-refractivity contribution is 7.12. The van der Waals surface area contributed by atoms with E-state index in [-0.39, 0.29) is 6.10 Å². The van der Waals surface area contributed by atoms with Crippen molar-refractivity contribution in [3.8, 4) is 5.75 Å². The predicted octanol–water partition coefficient (Wildman–Crippen LogP) is 1.61. The van der Waals surface area contributed by atoms with Crippen LogP contribution in [0.15, 0.2) is 11.4 Å². The molecule has 1 aliphatic heterocycles. The number of ether oxygens (including phenoxy) is 2. The van der Waals surface area contributed by atoms with Crippen molar-refractivity contribution in [1.29, 1.82) is 0 Å². The second-order valence-corrected chi connectivity index (χ2v) is 3.97. The number of aromatic carboxylic acids is 1. The fourth-order valence-electron chi connectivity index (χ4n) is 1.29. The van der Waals surface area contributed by atoms with Crippen LogP contribution in [0.2, 0.25) is 0 Å². The molecule has 0 aliphatic carbocycles. The average Bonchev–Trinajstić information content (AvgIpc) is 2.75. The minimum atomic E-state index is -0.910. The molecule has 1 aliphatic rings. The highest BCUT2D eigenvalue weighted by Gasteiger charge is 2.18. The van der Waals surface area contributed by atoms with Crippen LogP contribution < -0.4 is 4.74 Å². The lowest BCUT2D eigenvalue weighted by atomic mass is 10.3. The second kappa shape index (κ2) is 3.98. The highest BCUT2D eigenvalue weighted by Crippen LogP contribution is 2.24. The van der Waals surface area contributed by atoms with Gasteiger partial charge in [-0.3, -0.25) is 0 Å². The number of rotatable bonds is 3. The lowest BCUT2D eigenvalue weighted by Gasteiger charge is -2.08. The summed E-state index contributed by atoms with van der Waals surface area (Å²) in [5.41, 5.74) is 0. The molecule has 1 aromatic heterocycles. The minimum Gasteiger partial charge on any atom is -0.487 e. The molecule has 0 saturated carbocycles. The van der Waals surface area contributed by atoms with Crippen molar-refractivity contribution >= 4 is 17.3 Å². The summed E-state index contributed by atoms with van der Waals surface area (Å²) in [6.07, 6.45) is 0.948. The number of thiophene rings is 1. The van der Waals surface area contributed by atoms with E-state index in [4.69, 9.17) is 14.6 Å². The summed E-state index contributed by atoms with van der Waals surface area (Å²) in [6.45, 7) is 1.32. The zero-order valence-corrected chi connectivity index (χ0v) is 8.25. The summed E-state index contributed by atoms with van der Waals surface area (Å²) in [4.78, 5) is 10.9. The summed E-state index contributed by atoms with van der Waals surface area (Å²) in [7, 11) is 0. The smallest absolute Gasteiger partial charge is 0.346 e. The van der Waals surface area contributed by atoms with Crippen molar-refractivity contribution < 1.29 is 19.4 Å². The standard InChI is InChI=1S/C9H10O4S/c10-9(11)8-3-7(5-14-8)13-6-1-2-12-4-6/h3,5-6H,1-2,4H2,(H,10,11). The summed E-state index contributed by atoms with van der Waals surface area (Å²) in [5.74, 6) is -0.282. The number of carboxylic acid groups (broad SMARTS) is 1. The van der Waals surface area contributed by atoms with Crippen molar-refractivity contribution in [3.63, 3.8) is 0 Å². The van der Waals surface area contributed by atoms with E-state index in [2.05, 4.69) is 0 Å². The van der Waals surface area contributed by atoms with Gasteiger partial charge in [0, 0.05) is 17.9 Å². The largest absolute Gasteiger partial charge is 0.487 e. The molecule has 14 heavy (non-hydrogen) atoms. The topological polar surface area (TPSA) is 55.8 Å². The zero-order chi connectivity index (χ0) is 9.97. The first-order chi connectivity index (χ1) is 6.75. The van der Waals surface area contributed by atoms with E-state index in [0.29, 0.717) is 17.2 Å². The normalized spacial score (nSPS) is 21.0. The van der Waals surface area contributed by atoms with Gasteiger partial charge in [0.25, 0.3) is 0 Å². The van der Waals surface area contributed by atoms with Gasteiger partial charge in [-0.1, -0.05) is 0 Å². The first-order valence-corrected chi connectivity index (χ1v) is 5.20. The van der Waals surface area contributed by atoms with Crippen molar-refractivity contribution in [2.45, 2.75) is 12.5 Å². The van der Waals surface area contributed by atoms with E-state index in [9.17, 15) is 4.79 Å². The Kier molecular flexibility index (Phi) is 2.69. The summed E-state index contributed by atoms with van der Waals surface area (Å²) < 4.78 is 10.7. The maximum atomic E-state index is 10.6. The Labute approximate surface area is 85.1 Å². The van der Waals surface area contributed by atoms with Gasteiger partial charge in [0.1, 0.15) is 16.7 Å². The fraction of sp³-hybridized carbons (Fsp3) is 0.444. The maximum absolute atomic E-state index is 10.6. The van der Waals surface area contributed by atoms with E-state index in [0.717, 1.165) is 13.0 Å². The second-order valence-electron chi connectivity index (χ2n) is 3.06. The summed E-state index contributed by atoms with van der Waals surface area (Å²) >= 11 is 1.18. The third-order valence-corrected chi connectivity index (χ3v) is 2.87. The van der Waals surface area contributed by atoms with Gasteiger partial charge >= 0.3 is 5.97 Å². The molecule has 2 heterocycles. The molecule has 0 bridgehead atoms. The van der Waals surface area contributed by atoms with Crippen molar-refractivity contribution in [2.75, 3.05) is 13.2 Å². The molecular formula is C9H10O4S. The van der Waals surface area contributed by atoms with Gasteiger partial charge in [-0.2, -0.15) is 0 Å². The minimum absolute atomic E-state index is 0.0752. The Balaban J connectivity index is 1.98. The molecule has 0 spiro atoms. The van der Waals surface area contributed by atoms with Gasteiger partial charge in [0.05, 0.1) is 13.2 Å². The molecule has 0 radical (unpaired) electrons. The van der Waals surface area contributed by atoms with Crippen LogP contribution in [0.1, 0.15) is 16.1 Å². The lowest BCUT2D eigenvalue weighted by Crippen LogP contribution is -2.15. The van der Waals surface area contributed by atoms with Gasteiger partial charge in [-0.15, -0.1) is 11.3 Å². The number of hydrogen-bond donors (Lipinski definition) is 1. The van der Waals surface area contributed by atoms with E-state index >= 15 is 0 Å². The highest BCUT2D eigenvalue weighted by atomic mass is 32.1. The molecule has 1 aromatic rings. The molecular weight excluding hydrogens is 204 g/mol. The third kappa shape index (κ3) is 2.05. The molecule has 4 nitrogen and oxygen atoms in total. The molecule has 1 saturated heterocycles. The van der Waals surface area contributed by atoms with Crippen LogP contribution in [0.4, 0.5) is 0 Å². The Morgan fingerprint density at radius 1 is 1.71 bits per heavy atom. The Morgan fingerprint density at radius 2 is 2.57 bits per heavy atom. The predicted molar refractivity (Wildman–Crippen MR) is 51.1 cm³/mol. The molecule has 2 rings (SSSR count). The molecule has 76 valence electrons. The van der Waals surface area contributed by atoms with Crippen LogP contribution in [0.3, 0.4) is 0 Å². The summed E-state index contributed by atoms with van der Waals surface area (Å²) in [5, 5.41) is 10.4. The van der Waals surface area contributed by atoms with E-state index < -0.39 is 5.97 Å². The number of carboxylic acids is 1. The molecule has 0 aromatic carbocycles. The lowest BCUT2D eigenvalue weighted by molar-refractivity contribution is 0.0701. The maximum Gasteiger partial charge on any atom is 0.346 e. The first kappa shape index (κ1) is 9.48. The van der Waals surface area contributed by atoms with Crippen molar-refractivity contribution in [2.24, 2.45) is 0 Å².